The number of anilines is 1. The fraction of sp³-hybridized carbons (Fsp3) is 0.500. The van der Waals surface area contributed by atoms with E-state index in [1.54, 1.807) is 11.0 Å². The normalized spacial score (nSPS) is 19.6. The molecule has 1 heterocycles. The Morgan fingerprint density at radius 3 is 2.68 bits per heavy atom. The number of carbonyl (C=O) groups is 1. The summed E-state index contributed by atoms with van der Waals surface area (Å²) in [6, 6.07) is 3.78. The van der Waals surface area contributed by atoms with Crippen LogP contribution in [0.3, 0.4) is 0 Å². The van der Waals surface area contributed by atoms with Crippen molar-refractivity contribution >= 4 is 34.8 Å². The molecule has 0 aromatic heterocycles. The number of rotatable bonds is 3. The van der Waals surface area contributed by atoms with Gasteiger partial charge >= 0.3 is 0 Å². The van der Waals surface area contributed by atoms with E-state index in [1.165, 1.54) is 0 Å². The van der Waals surface area contributed by atoms with Gasteiger partial charge in [0.2, 0.25) is 5.91 Å². The third-order valence-corrected chi connectivity index (χ3v) is 4.05. The average molecular weight is 301 g/mol. The van der Waals surface area contributed by atoms with Gasteiger partial charge in [0, 0.05) is 12.6 Å². The van der Waals surface area contributed by atoms with Crippen LogP contribution in [0.4, 0.5) is 5.69 Å². The minimum absolute atomic E-state index is 0.0445. The van der Waals surface area contributed by atoms with Gasteiger partial charge in [-0.1, -0.05) is 43.1 Å². The first kappa shape index (κ1) is 14.6. The maximum absolute atomic E-state index is 12.4. The summed E-state index contributed by atoms with van der Waals surface area (Å²) in [5.74, 6) is 0.0445. The molecule has 1 fully saturated rings. The molecule has 1 unspecified atom stereocenters. The number of aryl methyl sites for hydroxylation is 1. The van der Waals surface area contributed by atoms with Gasteiger partial charge in [-0.2, -0.15) is 0 Å². The van der Waals surface area contributed by atoms with Gasteiger partial charge in [0.1, 0.15) is 0 Å². The topological polar surface area (TPSA) is 32.3 Å². The molecule has 0 spiro atoms. The van der Waals surface area contributed by atoms with E-state index in [2.05, 4.69) is 5.32 Å². The van der Waals surface area contributed by atoms with E-state index in [4.69, 9.17) is 23.2 Å². The Labute approximate surface area is 123 Å². The summed E-state index contributed by atoms with van der Waals surface area (Å²) >= 11 is 12.5. The monoisotopic (exact) mass is 300 g/mol. The maximum Gasteiger partial charge on any atom is 0.244 e. The van der Waals surface area contributed by atoms with Crippen LogP contribution in [0.15, 0.2) is 12.1 Å². The van der Waals surface area contributed by atoms with Gasteiger partial charge in [-0.3, -0.25) is 4.79 Å². The molecular weight excluding hydrogens is 283 g/mol. The lowest BCUT2D eigenvalue weighted by atomic mass is 10.2. The molecule has 1 aromatic carbocycles. The first-order valence-corrected chi connectivity index (χ1v) is 7.19. The Morgan fingerprint density at radius 1 is 1.37 bits per heavy atom. The van der Waals surface area contributed by atoms with Crippen molar-refractivity contribution in [2.24, 2.45) is 0 Å². The summed E-state index contributed by atoms with van der Waals surface area (Å²) in [7, 11) is 0. The zero-order valence-electron chi connectivity index (χ0n) is 11.3. The van der Waals surface area contributed by atoms with E-state index in [0.717, 1.165) is 12.0 Å². The van der Waals surface area contributed by atoms with E-state index in [9.17, 15) is 4.79 Å². The summed E-state index contributed by atoms with van der Waals surface area (Å²) in [6.45, 7) is 6.61. The first-order valence-electron chi connectivity index (χ1n) is 6.44. The zero-order valence-corrected chi connectivity index (χ0v) is 12.8. The number of benzene rings is 1. The van der Waals surface area contributed by atoms with Crippen LogP contribution in [-0.4, -0.2) is 24.5 Å². The number of hydrogen-bond acceptors (Lipinski definition) is 2. The summed E-state index contributed by atoms with van der Waals surface area (Å²) in [5.41, 5.74) is 1.57. The van der Waals surface area contributed by atoms with Crippen molar-refractivity contribution < 1.29 is 4.79 Å². The number of halogens is 2. The predicted octanol–water partition coefficient (Wildman–Crippen LogP) is 3.41. The summed E-state index contributed by atoms with van der Waals surface area (Å²) in [6.07, 6.45) is 0.775. The van der Waals surface area contributed by atoms with Crippen LogP contribution in [0, 0.1) is 6.92 Å². The van der Waals surface area contributed by atoms with Gasteiger partial charge in [0.15, 0.2) is 0 Å². The molecule has 1 aliphatic heterocycles. The standard InChI is InChI=1S/C14H18Cl2N2O/c1-8(2)17-11-6-7-18(14(11)19)13-10(15)5-4-9(3)12(13)16/h4-5,8,11,17H,6-7H2,1-3H3. The van der Waals surface area contributed by atoms with E-state index < -0.39 is 0 Å². The molecule has 1 aliphatic rings. The highest BCUT2D eigenvalue weighted by Gasteiger charge is 2.34. The van der Waals surface area contributed by atoms with Gasteiger partial charge in [-0.15, -0.1) is 0 Å². The third-order valence-electron chi connectivity index (χ3n) is 3.27. The number of nitrogens with zero attached hydrogens (tertiary/aromatic N) is 1. The van der Waals surface area contributed by atoms with Gasteiger partial charge in [-0.25, -0.2) is 0 Å². The summed E-state index contributed by atoms with van der Waals surface area (Å²) < 4.78 is 0. The van der Waals surface area contributed by atoms with Crippen molar-refractivity contribution in [2.45, 2.75) is 39.3 Å². The smallest absolute Gasteiger partial charge is 0.244 e. The van der Waals surface area contributed by atoms with Crippen molar-refractivity contribution in [1.82, 2.24) is 5.32 Å². The van der Waals surface area contributed by atoms with Crippen LogP contribution in [0.1, 0.15) is 25.8 Å². The highest BCUT2D eigenvalue weighted by molar-refractivity contribution is 6.40. The summed E-state index contributed by atoms with van der Waals surface area (Å²) in [5, 5.41) is 4.35. The van der Waals surface area contributed by atoms with Gasteiger partial charge < -0.3 is 10.2 Å². The Hall–Kier alpha value is -0.770. The number of hydrogen-bond donors (Lipinski definition) is 1. The molecule has 0 aliphatic carbocycles. The fourth-order valence-corrected chi connectivity index (χ4v) is 2.92. The van der Waals surface area contributed by atoms with Crippen LogP contribution in [0.2, 0.25) is 10.0 Å². The molecule has 3 nitrogen and oxygen atoms in total. The second-order valence-electron chi connectivity index (χ2n) is 5.18. The maximum atomic E-state index is 12.4. The van der Waals surface area contributed by atoms with Crippen molar-refractivity contribution in [2.75, 3.05) is 11.4 Å². The Kier molecular flexibility index (Phi) is 4.39. The molecule has 0 bridgehead atoms. The van der Waals surface area contributed by atoms with Crippen molar-refractivity contribution in [3.05, 3.63) is 27.7 Å². The van der Waals surface area contributed by atoms with E-state index in [1.807, 2.05) is 26.8 Å². The van der Waals surface area contributed by atoms with E-state index >= 15 is 0 Å². The molecule has 2 rings (SSSR count). The van der Waals surface area contributed by atoms with Crippen molar-refractivity contribution in [3.63, 3.8) is 0 Å². The molecule has 5 heteroatoms. The molecule has 104 valence electrons. The fourth-order valence-electron chi connectivity index (χ4n) is 2.35. The Bertz CT molecular complexity index is 502. The third kappa shape index (κ3) is 2.88. The minimum Gasteiger partial charge on any atom is -0.308 e. The lowest BCUT2D eigenvalue weighted by Gasteiger charge is -2.21. The lowest BCUT2D eigenvalue weighted by molar-refractivity contribution is -0.118. The highest BCUT2D eigenvalue weighted by Crippen LogP contribution is 2.38. The van der Waals surface area contributed by atoms with Crippen LogP contribution >= 0.6 is 23.2 Å². The second kappa shape index (κ2) is 5.70. The minimum atomic E-state index is -0.146. The van der Waals surface area contributed by atoms with Crippen LogP contribution in [0.25, 0.3) is 0 Å². The van der Waals surface area contributed by atoms with E-state index in [0.29, 0.717) is 22.3 Å². The predicted molar refractivity (Wildman–Crippen MR) is 80.2 cm³/mol. The highest BCUT2D eigenvalue weighted by atomic mass is 35.5. The lowest BCUT2D eigenvalue weighted by Crippen LogP contribution is -2.41. The average Bonchev–Trinajstić information content (AvgIpc) is 2.67. The van der Waals surface area contributed by atoms with Gasteiger partial charge in [0.05, 0.1) is 21.8 Å². The number of nitrogens with one attached hydrogen (secondary N) is 1. The van der Waals surface area contributed by atoms with Gasteiger partial charge in [-0.05, 0) is 25.0 Å². The van der Waals surface area contributed by atoms with Crippen LogP contribution < -0.4 is 10.2 Å². The van der Waals surface area contributed by atoms with Crippen LogP contribution in [0.5, 0.6) is 0 Å². The molecule has 19 heavy (non-hydrogen) atoms. The quantitative estimate of drug-likeness (QED) is 0.928. The Balaban J connectivity index is 2.30. The SMILES string of the molecule is Cc1ccc(Cl)c(N2CCC(NC(C)C)C2=O)c1Cl. The largest absolute Gasteiger partial charge is 0.308 e. The molecular formula is C14H18Cl2N2O. The second-order valence-corrected chi connectivity index (χ2v) is 5.96. The Morgan fingerprint density at radius 2 is 2.05 bits per heavy atom. The first-order chi connectivity index (χ1) is 8.91. The van der Waals surface area contributed by atoms with Gasteiger partial charge in [0.25, 0.3) is 0 Å². The van der Waals surface area contributed by atoms with E-state index in [-0.39, 0.29) is 18.0 Å². The number of amides is 1. The number of carbonyl (C=O) groups excluding carboxylic acids is 1. The van der Waals surface area contributed by atoms with Crippen LogP contribution in [-0.2, 0) is 4.79 Å². The molecule has 1 saturated heterocycles. The molecule has 1 amide bonds. The molecule has 1 aromatic rings. The molecule has 0 saturated carbocycles. The van der Waals surface area contributed by atoms with Crippen molar-refractivity contribution in [3.8, 4) is 0 Å². The van der Waals surface area contributed by atoms with Crippen molar-refractivity contribution in [1.29, 1.82) is 0 Å². The molecule has 1 N–H and O–H groups in total. The molecule has 0 radical (unpaired) electrons. The zero-order chi connectivity index (χ0) is 14.2. The summed E-state index contributed by atoms with van der Waals surface area (Å²) in [4.78, 5) is 14.1. The molecule has 1 atom stereocenters.